The van der Waals surface area contributed by atoms with Gasteiger partial charge >= 0.3 is 12.0 Å². The van der Waals surface area contributed by atoms with Crippen molar-refractivity contribution >= 4 is 11.5 Å². The molecule has 3 aromatic rings. The van der Waals surface area contributed by atoms with Crippen molar-refractivity contribution in [3.8, 4) is 6.01 Å². The van der Waals surface area contributed by atoms with Crippen molar-refractivity contribution in [2.45, 2.75) is 13.8 Å². The number of hydrogen-bond acceptors (Lipinski definition) is 4. The van der Waals surface area contributed by atoms with Crippen molar-refractivity contribution in [3.63, 3.8) is 0 Å². The van der Waals surface area contributed by atoms with E-state index in [2.05, 4.69) is 9.97 Å². The zero-order chi connectivity index (χ0) is 20.3. The molecule has 0 aliphatic heterocycles. The summed E-state index contributed by atoms with van der Waals surface area (Å²) in [7, 11) is 0. The van der Waals surface area contributed by atoms with Crippen LogP contribution in [0.5, 0.6) is 6.01 Å². The average molecular weight is 382 g/mol. The zero-order valence-corrected chi connectivity index (χ0v) is 15.1. The quantitative estimate of drug-likeness (QED) is 0.526. The van der Waals surface area contributed by atoms with Gasteiger partial charge in [-0.3, -0.25) is 0 Å². The number of ether oxygens (including phenoxy) is 1. The van der Waals surface area contributed by atoms with E-state index in [0.717, 1.165) is 12.1 Å². The van der Waals surface area contributed by atoms with E-state index in [1.807, 2.05) is 0 Å². The zero-order valence-electron chi connectivity index (χ0n) is 15.1. The van der Waals surface area contributed by atoms with E-state index < -0.39 is 23.4 Å². The van der Waals surface area contributed by atoms with Crippen LogP contribution in [0.4, 0.5) is 8.78 Å². The third kappa shape index (κ3) is 4.37. The summed E-state index contributed by atoms with van der Waals surface area (Å²) in [6.07, 6.45) is 0. The molecule has 3 rings (SSSR count). The topological polar surface area (TPSA) is 72.3 Å². The van der Waals surface area contributed by atoms with Crippen LogP contribution in [0.25, 0.3) is 5.57 Å². The number of carboxylic acid groups (broad SMARTS) is 1. The molecular formula is C21H16F2N2O3. The lowest BCUT2D eigenvalue weighted by molar-refractivity contribution is -0.135. The molecule has 142 valence electrons. The van der Waals surface area contributed by atoms with Crippen molar-refractivity contribution in [2.75, 3.05) is 0 Å². The van der Waals surface area contributed by atoms with Gasteiger partial charge in [-0.1, -0.05) is 24.3 Å². The average Bonchev–Trinajstić information content (AvgIpc) is 2.60. The predicted molar refractivity (Wildman–Crippen MR) is 98.6 cm³/mol. The number of hydrogen-bond donors (Lipinski definition) is 1. The van der Waals surface area contributed by atoms with Crippen LogP contribution in [-0.4, -0.2) is 21.0 Å². The van der Waals surface area contributed by atoms with Gasteiger partial charge < -0.3 is 9.84 Å². The Morgan fingerprint density at radius 2 is 1.39 bits per heavy atom. The van der Waals surface area contributed by atoms with Crippen LogP contribution in [0.2, 0.25) is 0 Å². The van der Waals surface area contributed by atoms with Gasteiger partial charge in [0.25, 0.3) is 0 Å². The lowest BCUT2D eigenvalue weighted by Crippen LogP contribution is -2.14. The molecule has 0 aliphatic carbocycles. The van der Waals surface area contributed by atoms with Crippen molar-refractivity contribution < 1.29 is 23.4 Å². The second-order valence-corrected chi connectivity index (χ2v) is 6.07. The first kappa shape index (κ1) is 19.2. The predicted octanol–water partition coefficient (Wildman–Crippen LogP) is 4.29. The minimum absolute atomic E-state index is 0.00857. The maximum atomic E-state index is 13.8. The van der Waals surface area contributed by atoms with Gasteiger partial charge in [-0.15, -0.1) is 0 Å². The van der Waals surface area contributed by atoms with Crippen LogP contribution < -0.4 is 4.74 Å². The number of carboxylic acids is 1. The summed E-state index contributed by atoms with van der Waals surface area (Å²) in [5.74, 6) is -3.11. The van der Waals surface area contributed by atoms with E-state index in [4.69, 9.17) is 4.74 Å². The highest BCUT2D eigenvalue weighted by Crippen LogP contribution is 2.29. The van der Waals surface area contributed by atoms with Crippen LogP contribution in [0, 0.1) is 25.5 Å². The summed E-state index contributed by atoms with van der Waals surface area (Å²) >= 11 is 0. The summed E-state index contributed by atoms with van der Waals surface area (Å²) < 4.78 is 33.1. The normalized spacial score (nSPS) is 10.4. The number of aryl methyl sites for hydroxylation is 2. The highest BCUT2D eigenvalue weighted by Gasteiger charge is 2.22. The van der Waals surface area contributed by atoms with Crippen LogP contribution in [0.15, 0.2) is 60.4 Å². The first-order valence-corrected chi connectivity index (χ1v) is 8.33. The number of aromatic nitrogens is 2. The van der Waals surface area contributed by atoms with Gasteiger partial charge in [0, 0.05) is 17.0 Å². The molecule has 7 heteroatoms. The number of aliphatic carboxylic acids is 1. The summed E-state index contributed by atoms with van der Waals surface area (Å²) in [4.78, 5) is 20.2. The molecule has 0 fully saturated rings. The fourth-order valence-corrected chi connectivity index (χ4v) is 2.75. The number of rotatable bonds is 5. The van der Waals surface area contributed by atoms with Gasteiger partial charge in [-0.2, -0.15) is 0 Å². The molecule has 2 aromatic carbocycles. The number of benzene rings is 2. The molecule has 1 heterocycles. The Hall–Kier alpha value is -3.61. The molecule has 28 heavy (non-hydrogen) atoms. The van der Waals surface area contributed by atoms with Crippen LogP contribution >= 0.6 is 0 Å². The molecule has 0 atom stereocenters. The van der Waals surface area contributed by atoms with E-state index in [0.29, 0.717) is 11.4 Å². The summed E-state index contributed by atoms with van der Waals surface area (Å²) in [5.41, 5.74) is 1.62. The number of halogens is 2. The van der Waals surface area contributed by atoms with Crippen LogP contribution in [0.1, 0.15) is 22.5 Å². The van der Waals surface area contributed by atoms with E-state index in [1.54, 1.807) is 19.9 Å². The Bertz CT molecular complexity index is 1010. The molecule has 1 N–H and O–H groups in total. The Balaban J connectivity index is 2.26. The molecule has 0 saturated heterocycles. The molecule has 0 spiro atoms. The van der Waals surface area contributed by atoms with Gasteiger partial charge in [0.15, 0.2) is 0 Å². The van der Waals surface area contributed by atoms with E-state index in [9.17, 15) is 18.7 Å². The third-order valence-electron chi connectivity index (χ3n) is 3.80. The Morgan fingerprint density at radius 3 is 1.82 bits per heavy atom. The van der Waals surface area contributed by atoms with Gasteiger partial charge in [0.1, 0.15) is 11.6 Å². The highest BCUT2D eigenvalue weighted by atomic mass is 19.1. The molecule has 0 aliphatic rings. The third-order valence-corrected chi connectivity index (χ3v) is 3.80. The van der Waals surface area contributed by atoms with Crippen molar-refractivity contribution in [1.29, 1.82) is 0 Å². The van der Waals surface area contributed by atoms with Crippen molar-refractivity contribution in [1.82, 2.24) is 9.97 Å². The maximum Gasteiger partial charge on any atom is 0.372 e. The lowest BCUT2D eigenvalue weighted by Gasteiger charge is -2.14. The molecule has 5 nitrogen and oxygen atoms in total. The number of nitrogens with zero attached hydrogens (tertiary/aromatic N) is 2. The second kappa shape index (κ2) is 7.96. The number of carbonyl (C=O) groups is 1. The van der Waals surface area contributed by atoms with Crippen molar-refractivity contribution in [3.05, 3.63) is 94.5 Å². The summed E-state index contributed by atoms with van der Waals surface area (Å²) in [6.45, 7) is 3.43. The lowest BCUT2D eigenvalue weighted by atomic mass is 9.96. The maximum absolute atomic E-state index is 13.8. The second-order valence-electron chi connectivity index (χ2n) is 6.07. The Kier molecular flexibility index (Phi) is 5.44. The molecule has 0 radical (unpaired) electrons. The fourth-order valence-electron chi connectivity index (χ4n) is 2.75. The van der Waals surface area contributed by atoms with Crippen molar-refractivity contribution in [2.24, 2.45) is 0 Å². The van der Waals surface area contributed by atoms with E-state index in [-0.39, 0.29) is 22.7 Å². The van der Waals surface area contributed by atoms with Gasteiger partial charge in [0.2, 0.25) is 5.76 Å². The van der Waals surface area contributed by atoms with Gasteiger partial charge in [0.05, 0.1) is 0 Å². The smallest absolute Gasteiger partial charge is 0.372 e. The van der Waals surface area contributed by atoms with Crippen LogP contribution in [0.3, 0.4) is 0 Å². The fraction of sp³-hybridized carbons (Fsp3) is 0.0952. The van der Waals surface area contributed by atoms with E-state index in [1.165, 1.54) is 36.4 Å². The van der Waals surface area contributed by atoms with Crippen LogP contribution in [-0.2, 0) is 4.79 Å². The first-order valence-electron chi connectivity index (χ1n) is 8.33. The first-order chi connectivity index (χ1) is 13.3. The standard InChI is InChI=1S/C21H16F2N2O3/c1-12-9-13(2)25-21(24-12)28-19(20(26)27)18(14-5-3-7-16(22)10-14)15-6-4-8-17(23)11-15/h3-11H,1-2H3,(H,26,27). The molecule has 0 unspecified atom stereocenters. The molecule has 0 saturated carbocycles. The summed E-state index contributed by atoms with van der Waals surface area (Å²) in [5, 5.41) is 9.78. The molecule has 1 aromatic heterocycles. The Labute approximate surface area is 160 Å². The monoisotopic (exact) mass is 382 g/mol. The van der Waals surface area contributed by atoms with Gasteiger partial charge in [-0.25, -0.2) is 23.5 Å². The van der Waals surface area contributed by atoms with E-state index >= 15 is 0 Å². The minimum Gasteiger partial charge on any atom is -0.475 e. The highest BCUT2D eigenvalue weighted by molar-refractivity contribution is 5.99. The largest absolute Gasteiger partial charge is 0.475 e. The van der Waals surface area contributed by atoms with Gasteiger partial charge in [-0.05, 0) is 55.3 Å². The Morgan fingerprint density at radius 1 is 0.893 bits per heavy atom. The minimum atomic E-state index is -1.42. The summed E-state index contributed by atoms with van der Waals surface area (Å²) in [6, 6.07) is 12.2. The SMILES string of the molecule is Cc1cc(C)nc(OC(C(=O)O)=C(c2cccc(F)c2)c2cccc(F)c2)n1. The molecular weight excluding hydrogens is 366 g/mol. The molecule has 0 amide bonds. The molecule has 0 bridgehead atoms.